The Morgan fingerprint density at radius 2 is 1.90 bits per heavy atom. The Morgan fingerprint density at radius 1 is 1.13 bits per heavy atom. The lowest BCUT2D eigenvalue weighted by molar-refractivity contribution is -0.135. The molecule has 2 heterocycles. The molecule has 1 saturated carbocycles. The highest BCUT2D eigenvalue weighted by molar-refractivity contribution is 5.76. The maximum absolute atomic E-state index is 13.1. The summed E-state index contributed by atoms with van der Waals surface area (Å²) in [5, 5.41) is 4.12. The van der Waals surface area contributed by atoms with E-state index in [4.69, 9.17) is 0 Å². The van der Waals surface area contributed by atoms with Crippen molar-refractivity contribution in [2.45, 2.75) is 64.5 Å². The van der Waals surface area contributed by atoms with Crippen LogP contribution in [0, 0.1) is 12.8 Å². The average molecular weight is 410 g/mol. The number of carbonyl (C=O) groups excluding carboxylic acids is 1. The second kappa shape index (κ2) is 10.2. The van der Waals surface area contributed by atoms with E-state index in [-0.39, 0.29) is 5.91 Å². The van der Waals surface area contributed by atoms with Crippen LogP contribution in [0.5, 0.6) is 0 Å². The summed E-state index contributed by atoms with van der Waals surface area (Å²) >= 11 is 0. The van der Waals surface area contributed by atoms with E-state index in [0.717, 1.165) is 45.4 Å². The lowest BCUT2D eigenvalue weighted by Gasteiger charge is -2.37. The molecule has 1 aliphatic heterocycles. The van der Waals surface area contributed by atoms with E-state index in [2.05, 4.69) is 51.1 Å². The van der Waals surface area contributed by atoms with E-state index in [0.29, 0.717) is 18.5 Å². The van der Waals surface area contributed by atoms with Gasteiger partial charge in [0.1, 0.15) is 19.2 Å². The van der Waals surface area contributed by atoms with Gasteiger partial charge in [-0.25, -0.2) is 9.67 Å². The largest absolute Gasteiger partial charge is 0.338 e. The maximum atomic E-state index is 13.1. The van der Waals surface area contributed by atoms with Gasteiger partial charge in [0.2, 0.25) is 5.91 Å². The second-order valence-corrected chi connectivity index (χ2v) is 9.04. The van der Waals surface area contributed by atoms with Crippen molar-refractivity contribution in [3.05, 3.63) is 48.0 Å². The van der Waals surface area contributed by atoms with Crippen LogP contribution >= 0.6 is 0 Å². The third-order valence-electron chi connectivity index (χ3n) is 6.97. The van der Waals surface area contributed by atoms with Crippen LogP contribution in [0.3, 0.4) is 0 Å². The minimum Gasteiger partial charge on any atom is -0.338 e. The van der Waals surface area contributed by atoms with Gasteiger partial charge < -0.3 is 9.80 Å². The van der Waals surface area contributed by atoms with Gasteiger partial charge in [0, 0.05) is 19.1 Å². The molecule has 4 rings (SSSR count). The molecule has 0 N–H and O–H groups in total. The predicted molar refractivity (Wildman–Crippen MR) is 118 cm³/mol. The van der Waals surface area contributed by atoms with E-state index < -0.39 is 0 Å². The van der Waals surface area contributed by atoms with Gasteiger partial charge in [-0.05, 0) is 69.2 Å². The fourth-order valence-electron chi connectivity index (χ4n) is 5.05. The van der Waals surface area contributed by atoms with E-state index in [9.17, 15) is 4.79 Å². The Balaban J connectivity index is 1.28. The monoisotopic (exact) mass is 409 g/mol. The van der Waals surface area contributed by atoms with Gasteiger partial charge in [0.25, 0.3) is 0 Å². The first-order valence-corrected chi connectivity index (χ1v) is 11.6. The molecule has 1 saturated heterocycles. The van der Waals surface area contributed by atoms with Crippen LogP contribution in [-0.4, -0.2) is 62.7 Å². The SMILES string of the molecule is Cc1ccccc1CCN1CCC(CN(C(=O)Cn2cncn2)C2CCCC2)CC1. The normalized spacial score (nSPS) is 18.7. The minimum atomic E-state index is 0.203. The molecule has 162 valence electrons. The van der Waals surface area contributed by atoms with Crippen molar-refractivity contribution in [2.24, 2.45) is 5.92 Å². The number of hydrogen-bond donors (Lipinski definition) is 0. The van der Waals surface area contributed by atoms with Crippen molar-refractivity contribution in [1.82, 2.24) is 24.6 Å². The third-order valence-corrected chi connectivity index (χ3v) is 6.97. The van der Waals surface area contributed by atoms with E-state index >= 15 is 0 Å². The highest BCUT2D eigenvalue weighted by atomic mass is 16.2. The van der Waals surface area contributed by atoms with Gasteiger partial charge >= 0.3 is 0 Å². The van der Waals surface area contributed by atoms with Crippen molar-refractivity contribution in [3.63, 3.8) is 0 Å². The molecule has 0 atom stereocenters. The zero-order valence-electron chi connectivity index (χ0n) is 18.2. The molecule has 0 radical (unpaired) electrons. The van der Waals surface area contributed by atoms with Crippen LogP contribution in [0.15, 0.2) is 36.9 Å². The molecule has 0 spiro atoms. The van der Waals surface area contributed by atoms with Crippen LogP contribution in [0.2, 0.25) is 0 Å². The Bertz CT molecular complexity index is 792. The average Bonchev–Trinajstić information content (AvgIpc) is 3.47. The molecule has 30 heavy (non-hydrogen) atoms. The number of benzene rings is 1. The molecule has 6 heteroatoms. The Morgan fingerprint density at radius 3 is 2.60 bits per heavy atom. The van der Waals surface area contributed by atoms with Gasteiger partial charge in [-0.1, -0.05) is 37.1 Å². The fourth-order valence-corrected chi connectivity index (χ4v) is 5.05. The summed E-state index contributed by atoms with van der Waals surface area (Å²) < 4.78 is 1.65. The van der Waals surface area contributed by atoms with Crippen LogP contribution in [0.25, 0.3) is 0 Å². The Kier molecular flexibility index (Phi) is 7.16. The van der Waals surface area contributed by atoms with Gasteiger partial charge in [-0.3, -0.25) is 4.79 Å². The topological polar surface area (TPSA) is 54.3 Å². The smallest absolute Gasteiger partial charge is 0.244 e. The molecule has 1 aromatic heterocycles. The minimum absolute atomic E-state index is 0.203. The zero-order valence-corrected chi connectivity index (χ0v) is 18.2. The number of piperidine rings is 1. The van der Waals surface area contributed by atoms with Crippen molar-refractivity contribution >= 4 is 5.91 Å². The zero-order chi connectivity index (χ0) is 20.8. The highest BCUT2D eigenvalue weighted by Crippen LogP contribution is 2.27. The quantitative estimate of drug-likeness (QED) is 0.671. The molecule has 1 amide bonds. The predicted octanol–water partition coefficient (Wildman–Crippen LogP) is 3.31. The third kappa shape index (κ3) is 5.48. The summed E-state index contributed by atoms with van der Waals surface area (Å²) in [5.74, 6) is 0.814. The fraction of sp³-hybridized carbons (Fsp3) is 0.625. The molecule has 2 aliphatic rings. The summed E-state index contributed by atoms with van der Waals surface area (Å²) in [6.07, 6.45) is 11.4. The first kappa shape index (κ1) is 21.0. The number of aromatic nitrogens is 3. The standard InChI is InChI=1S/C24H35N5O/c1-20-6-2-3-7-22(20)12-15-27-13-10-21(11-14-27)16-29(23-8-4-5-9-23)24(30)17-28-19-25-18-26-28/h2-3,6-7,18-19,21,23H,4-5,8-17H2,1H3. The van der Waals surface area contributed by atoms with Crippen LogP contribution in [0.1, 0.15) is 49.7 Å². The summed E-state index contributed by atoms with van der Waals surface area (Å²) in [6, 6.07) is 9.13. The number of aryl methyl sites for hydroxylation is 1. The number of rotatable bonds is 8. The molecule has 1 aromatic carbocycles. The first-order chi connectivity index (χ1) is 14.7. The lowest BCUT2D eigenvalue weighted by atomic mass is 9.94. The van der Waals surface area contributed by atoms with Crippen molar-refractivity contribution in [1.29, 1.82) is 0 Å². The summed E-state index contributed by atoms with van der Waals surface area (Å²) in [7, 11) is 0. The first-order valence-electron chi connectivity index (χ1n) is 11.6. The Hall–Kier alpha value is -2.21. The lowest BCUT2D eigenvalue weighted by Crippen LogP contribution is -2.46. The van der Waals surface area contributed by atoms with Crippen molar-refractivity contribution in [2.75, 3.05) is 26.2 Å². The van der Waals surface area contributed by atoms with Gasteiger partial charge in [0.15, 0.2) is 0 Å². The van der Waals surface area contributed by atoms with Crippen LogP contribution < -0.4 is 0 Å². The van der Waals surface area contributed by atoms with E-state index in [1.54, 1.807) is 11.0 Å². The van der Waals surface area contributed by atoms with Crippen molar-refractivity contribution in [3.8, 4) is 0 Å². The maximum Gasteiger partial charge on any atom is 0.244 e. The summed E-state index contributed by atoms with van der Waals surface area (Å²) in [5.41, 5.74) is 2.86. The van der Waals surface area contributed by atoms with Gasteiger partial charge in [0.05, 0.1) is 0 Å². The molecule has 1 aliphatic carbocycles. The number of hydrogen-bond acceptors (Lipinski definition) is 4. The molecule has 6 nitrogen and oxygen atoms in total. The van der Waals surface area contributed by atoms with Crippen molar-refractivity contribution < 1.29 is 4.79 Å². The second-order valence-electron chi connectivity index (χ2n) is 9.04. The van der Waals surface area contributed by atoms with Crippen LogP contribution in [0.4, 0.5) is 0 Å². The van der Waals surface area contributed by atoms with Crippen LogP contribution in [-0.2, 0) is 17.8 Å². The molecule has 0 unspecified atom stereocenters. The summed E-state index contributed by atoms with van der Waals surface area (Å²) in [4.78, 5) is 21.8. The molecular weight excluding hydrogens is 374 g/mol. The molecule has 0 bridgehead atoms. The van der Waals surface area contributed by atoms with Gasteiger partial charge in [-0.2, -0.15) is 5.10 Å². The summed E-state index contributed by atoms with van der Waals surface area (Å²) in [6.45, 7) is 6.85. The highest BCUT2D eigenvalue weighted by Gasteiger charge is 2.30. The number of likely N-dealkylation sites (tertiary alicyclic amines) is 1. The van der Waals surface area contributed by atoms with E-state index in [1.807, 2.05) is 0 Å². The number of nitrogens with zero attached hydrogens (tertiary/aromatic N) is 5. The molecular formula is C24H35N5O. The Labute approximate surface area is 180 Å². The van der Waals surface area contributed by atoms with E-state index in [1.165, 1.54) is 43.1 Å². The van der Waals surface area contributed by atoms with Gasteiger partial charge in [-0.15, -0.1) is 0 Å². The molecule has 2 fully saturated rings. The number of amides is 1. The number of carbonyl (C=O) groups is 1. The molecule has 2 aromatic rings.